The fraction of sp³-hybridized carbons (Fsp3) is 0.571. The molecule has 0 saturated carbocycles. The van der Waals surface area contributed by atoms with Gasteiger partial charge in [0.25, 0.3) is 5.69 Å². The lowest BCUT2D eigenvalue weighted by molar-refractivity contribution is -0.385. The molecule has 0 N–H and O–H groups in total. The second-order valence-corrected chi connectivity index (χ2v) is 6.11. The molecule has 0 bridgehead atoms. The third-order valence-electron chi connectivity index (χ3n) is 3.14. The summed E-state index contributed by atoms with van der Waals surface area (Å²) in [7, 11) is 0. The van der Waals surface area contributed by atoms with E-state index < -0.39 is 16.6 Å². The predicted molar refractivity (Wildman–Crippen MR) is 80.5 cm³/mol. The van der Waals surface area contributed by atoms with E-state index in [1.807, 2.05) is 0 Å². The number of carbonyl (C=O) groups excluding carboxylic acids is 1. The first-order valence-corrected chi connectivity index (χ1v) is 7.09. The maximum absolute atomic E-state index is 12.2. The van der Waals surface area contributed by atoms with Gasteiger partial charge in [-0.25, -0.2) is 14.8 Å². The summed E-state index contributed by atoms with van der Waals surface area (Å²) in [5, 5.41) is 14.0. The van der Waals surface area contributed by atoms with Crippen molar-refractivity contribution in [3.05, 3.63) is 27.9 Å². The maximum atomic E-state index is 12.2. The van der Waals surface area contributed by atoms with Crippen molar-refractivity contribution in [2.75, 3.05) is 18.1 Å². The highest BCUT2D eigenvalue weighted by Gasteiger charge is 2.32. The molecule has 0 aromatic carbocycles. The molecule has 1 aliphatic rings. The summed E-state index contributed by atoms with van der Waals surface area (Å²) in [6.07, 6.45) is 0.347. The molecular formula is C14H20N4O4. The molecule has 8 nitrogen and oxygen atoms in total. The van der Waals surface area contributed by atoms with E-state index in [9.17, 15) is 14.9 Å². The normalized spacial score (nSPS) is 15.1. The first-order chi connectivity index (χ1) is 10.2. The van der Waals surface area contributed by atoms with Crippen molar-refractivity contribution in [2.45, 2.75) is 39.7 Å². The van der Waals surface area contributed by atoms with E-state index in [2.05, 4.69) is 4.98 Å². The van der Waals surface area contributed by atoms with Gasteiger partial charge in [0, 0.05) is 19.2 Å². The molecule has 2 rings (SSSR count). The summed E-state index contributed by atoms with van der Waals surface area (Å²) in [5.74, 6) is 0.506. The standard InChI is InChI=1S/C14H20N4O4/c1-10-11(18(20)21)6-7-12(15-10)16-8-5-9-17(16)13(19)22-14(2,3)4/h6-7H,5,8-9H2,1-4H3. The van der Waals surface area contributed by atoms with E-state index in [1.54, 1.807) is 38.8 Å². The summed E-state index contributed by atoms with van der Waals surface area (Å²) in [6.45, 7) is 8.14. The third-order valence-corrected chi connectivity index (χ3v) is 3.14. The van der Waals surface area contributed by atoms with Gasteiger partial charge in [-0.1, -0.05) is 0 Å². The van der Waals surface area contributed by atoms with E-state index >= 15 is 0 Å². The van der Waals surface area contributed by atoms with Crippen LogP contribution in [0.25, 0.3) is 0 Å². The number of carbonyl (C=O) groups is 1. The van der Waals surface area contributed by atoms with Gasteiger partial charge < -0.3 is 4.74 Å². The number of anilines is 1. The van der Waals surface area contributed by atoms with E-state index in [4.69, 9.17) is 4.74 Å². The maximum Gasteiger partial charge on any atom is 0.429 e. The SMILES string of the molecule is Cc1nc(N2CCCN2C(=O)OC(C)(C)C)ccc1[N+](=O)[O-]. The zero-order valence-corrected chi connectivity index (χ0v) is 13.2. The number of rotatable bonds is 2. The number of hydrogen-bond acceptors (Lipinski definition) is 6. The van der Waals surface area contributed by atoms with Crippen molar-refractivity contribution >= 4 is 17.6 Å². The van der Waals surface area contributed by atoms with Crippen molar-refractivity contribution in [1.82, 2.24) is 9.99 Å². The molecule has 0 aliphatic carbocycles. The molecule has 8 heteroatoms. The van der Waals surface area contributed by atoms with Crippen molar-refractivity contribution in [3.8, 4) is 0 Å². The van der Waals surface area contributed by atoms with Gasteiger partial charge in [-0.05, 0) is 40.2 Å². The quantitative estimate of drug-likeness (QED) is 0.616. The fourth-order valence-corrected chi connectivity index (χ4v) is 2.23. The molecule has 1 aliphatic heterocycles. The van der Waals surface area contributed by atoms with Gasteiger partial charge in [0.15, 0.2) is 0 Å². The van der Waals surface area contributed by atoms with Gasteiger partial charge >= 0.3 is 6.09 Å². The van der Waals surface area contributed by atoms with Gasteiger partial charge in [-0.3, -0.25) is 15.1 Å². The lowest BCUT2D eigenvalue weighted by Crippen LogP contribution is -2.44. The van der Waals surface area contributed by atoms with Gasteiger partial charge in [0.05, 0.1) is 4.92 Å². The van der Waals surface area contributed by atoms with Crippen molar-refractivity contribution in [1.29, 1.82) is 0 Å². The lowest BCUT2D eigenvalue weighted by Gasteiger charge is -2.31. The molecule has 22 heavy (non-hydrogen) atoms. The molecule has 1 aromatic rings. The highest BCUT2D eigenvalue weighted by molar-refractivity contribution is 5.71. The second kappa shape index (κ2) is 5.78. The van der Waals surface area contributed by atoms with Gasteiger partial charge in [0.2, 0.25) is 0 Å². The summed E-state index contributed by atoms with van der Waals surface area (Å²) < 4.78 is 5.37. The number of amides is 1. The van der Waals surface area contributed by atoms with Crippen LogP contribution in [-0.2, 0) is 4.74 Å². The Bertz CT molecular complexity index is 597. The van der Waals surface area contributed by atoms with E-state index in [0.29, 0.717) is 24.6 Å². The molecular weight excluding hydrogens is 288 g/mol. The second-order valence-electron chi connectivity index (χ2n) is 6.11. The summed E-state index contributed by atoms with van der Waals surface area (Å²) in [6, 6.07) is 2.96. The first kappa shape index (κ1) is 16.0. The van der Waals surface area contributed by atoms with E-state index in [0.717, 1.165) is 6.42 Å². The minimum absolute atomic E-state index is 0.0354. The Hall–Kier alpha value is -2.38. The number of aryl methyl sites for hydroxylation is 1. The average molecular weight is 308 g/mol. The van der Waals surface area contributed by atoms with Crippen molar-refractivity contribution < 1.29 is 14.5 Å². The number of aromatic nitrogens is 1. The molecule has 0 unspecified atom stereocenters. The number of hydrogen-bond donors (Lipinski definition) is 0. The van der Waals surface area contributed by atoms with Crippen LogP contribution in [0.2, 0.25) is 0 Å². The van der Waals surface area contributed by atoms with Crippen LogP contribution in [0.3, 0.4) is 0 Å². The molecule has 1 fully saturated rings. The van der Waals surface area contributed by atoms with Crippen LogP contribution in [0.15, 0.2) is 12.1 Å². The Labute approximate surface area is 128 Å². The van der Waals surface area contributed by atoms with Crippen LogP contribution in [-0.4, -0.2) is 39.7 Å². The molecule has 1 amide bonds. The van der Waals surface area contributed by atoms with Crippen molar-refractivity contribution in [2.24, 2.45) is 0 Å². The van der Waals surface area contributed by atoms with Crippen LogP contribution in [0.4, 0.5) is 16.3 Å². The van der Waals surface area contributed by atoms with E-state index in [1.165, 1.54) is 11.1 Å². The van der Waals surface area contributed by atoms with Crippen molar-refractivity contribution in [3.63, 3.8) is 0 Å². The monoisotopic (exact) mass is 308 g/mol. The zero-order valence-electron chi connectivity index (χ0n) is 13.2. The average Bonchev–Trinajstić information content (AvgIpc) is 2.85. The minimum atomic E-state index is -0.579. The molecule has 0 spiro atoms. The largest absolute Gasteiger partial charge is 0.442 e. The molecule has 1 aromatic heterocycles. The smallest absolute Gasteiger partial charge is 0.429 e. The number of nitro groups is 1. The van der Waals surface area contributed by atoms with Crippen LogP contribution in [0.5, 0.6) is 0 Å². The van der Waals surface area contributed by atoms with Gasteiger partial charge in [0.1, 0.15) is 17.1 Å². The van der Waals surface area contributed by atoms with Crippen LogP contribution in [0, 0.1) is 17.0 Å². The number of nitrogens with zero attached hydrogens (tertiary/aromatic N) is 4. The molecule has 1 saturated heterocycles. The number of pyridine rings is 1. The Morgan fingerprint density at radius 2 is 2.05 bits per heavy atom. The summed E-state index contributed by atoms with van der Waals surface area (Å²) in [4.78, 5) is 26.9. The molecule has 2 heterocycles. The molecule has 0 radical (unpaired) electrons. The third kappa shape index (κ3) is 3.44. The lowest BCUT2D eigenvalue weighted by atomic mass is 10.2. The summed E-state index contributed by atoms with van der Waals surface area (Å²) in [5.41, 5.74) is -0.297. The molecule has 0 atom stereocenters. The van der Waals surface area contributed by atoms with Gasteiger partial charge in [-0.15, -0.1) is 0 Å². The summed E-state index contributed by atoms with van der Waals surface area (Å²) >= 11 is 0. The Morgan fingerprint density at radius 3 is 2.59 bits per heavy atom. The number of ether oxygens (including phenoxy) is 1. The van der Waals surface area contributed by atoms with Crippen LogP contribution >= 0.6 is 0 Å². The zero-order chi connectivity index (χ0) is 16.5. The van der Waals surface area contributed by atoms with E-state index in [-0.39, 0.29) is 5.69 Å². The first-order valence-electron chi connectivity index (χ1n) is 7.09. The van der Waals surface area contributed by atoms with Crippen LogP contribution in [0.1, 0.15) is 32.9 Å². The Balaban J connectivity index is 2.22. The van der Waals surface area contributed by atoms with Crippen LogP contribution < -0.4 is 5.01 Å². The predicted octanol–water partition coefficient (Wildman–Crippen LogP) is 2.66. The fourth-order valence-electron chi connectivity index (χ4n) is 2.23. The minimum Gasteiger partial charge on any atom is -0.442 e. The van der Waals surface area contributed by atoms with Gasteiger partial charge in [-0.2, -0.15) is 0 Å². The highest BCUT2D eigenvalue weighted by atomic mass is 16.6. The Morgan fingerprint density at radius 1 is 1.36 bits per heavy atom. The highest BCUT2D eigenvalue weighted by Crippen LogP contribution is 2.25. The Kier molecular flexibility index (Phi) is 4.20. The number of hydrazine groups is 1. The molecule has 120 valence electrons. The topological polar surface area (TPSA) is 88.8 Å².